The normalized spacial score (nSPS) is 12.7. The molecule has 0 aliphatic rings. The van der Waals surface area contributed by atoms with Crippen LogP contribution >= 0.6 is 0 Å². The van der Waals surface area contributed by atoms with E-state index in [-0.39, 0.29) is 18.5 Å². The second kappa shape index (κ2) is 9.00. The number of aryl methyl sites for hydroxylation is 1. The summed E-state index contributed by atoms with van der Waals surface area (Å²) in [6, 6.07) is 16.7. The lowest BCUT2D eigenvalue weighted by Gasteiger charge is -2.21. The molecular formula is C23H30O3. The molecule has 0 fully saturated rings. The fraction of sp³-hybridized carbons (Fsp3) is 0.435. The number of esters is 1. The highest BCUT2D eigenvalue weighted by Gasteiger charge is 2.19. The molecule has 1 unspecified atom stereocenters. The van der Waals surface area contributed by atoms with Gasteiger partial charge in [0.05, 0.1) is 0 Å². The largest absolute Gasteiger partial charge is 0.460 e. The molecule has 0 radical (unpaired) electrons. The van der Waals surface area contributed by atoms with Gasteiger partial charge in [-0.25, -0.2) is 0 Å². The summed E-state index contributed by atoms with van der Waals surface area (Å²) in [4.78, 5) is 12.0. The van der Waals surface area contributed by atoms with Gasteiger partial charge in [0.15, 0.2) is 0 Å². The number of carbonyl (C=O) groups is 1. The Balaban J connectivity index is 2.08. The molecule has 0 heterocycles. The molecule has 0 aliphatic heterocycles. The predicted octanol–water partition coefficient (Wildman–Crippen LogP) is 4.78. The zero-order valence-electron chi connectivity index (χ0n) is 16.3. The van der Waals surface area contributed by atoms with Crippen molar-refractivity contribution < 1.29 is 14.6 Å². The Morgan fingerprint density at radius 3 is 2.42 bits per heavy atom. The molecule has 140 valence electrons. The standard InChI is InChI=1S/C23H30O3/c1-17-10-11-19(15-21(17)14-18-8-6-5-7-9-18)20(16-24)12-13-22(25)26-23(2,3)4/h5-11,15,20,24H,12-14,16H2,1-4H3. The highest BCUT2D eigenvalue weighted by molar-refractivity contribution is 5.69. The maximum Gasteiger partial charge on any atom is 0.306 e. The summed E-state index contributed by atoms with van der Waals surface area (Å²) < 4.78 is 5.37. The number of hydrogen-bond acceptors (Lipinski definition) is 3. The monoisotopic (exact) mass is 354 g/mol. The molecule has 1 N–H and O–H groups in total. The van der Waals surface area contributed by atoms with E-state index in [0.717, 1.165) is 12.0 Å². The van der Waals surface area contributed by atoms with Gasteiger partial charge in [0.1, 0.15) is 5.60 Å². The Morgan fingerprint density at radius 2 is 1.81 bits per heavy atom. The van der Waals surface area contributed by atoms with E-state index in [1.54, 1.807) is 0 Å². The van der Waals surface area contributed by atoms with E-state index < -0.39 is 5.60 Å². The van der Waals surface area contributed by atoms with Crippen LogP contribution in [0.4, 0.5) is 0 Å². The van der Waals surface area contributed by atoms with Gasteiger partial charge in [-0.2, -0.15) is 0 Å². The van der Waals surface area contributed by atoms with Crippen molar-refractivity contribution in [2.75, 3.05) is 6.61 Å². The maximum absolute atomic E-state index is 12.0. The molecule has 0 aromatic heterocycles. The molecule has 0 spiro atoms. The summed E-state index contributed by atoms with van der Waals surface area (Å²) in [5, 5.41) is 9.82. The molecule has 0 amide bonds. The van der Waals surface area contributed by atoms with Crippen LogP contribution in [0, 0.1) is 6.92 Å². The van der Waals surface area contributed by atoms with Gasteiger partial charge in [0.25, 0.3) is 0 Å². The third-order valence-corrected chi connectivity index (χ3v) is 4.42. The van der Waals surface area contributed by atoms with Crippen LogP contribution in [0.1, 0.15) is 61.8 Å². The van der Waals surface area contributed by atoms with Gasteiger partial charge >= 0.3 is 5.97 Å². The molecule has 0 aliphatic carbocycles. The molecule has 0 saturated carbocycles. The van der Waals surface area contributed by atoms with E-state index in [0.29, 0.717) is 12.8 Å². The molecule has 0 saturated heterocycles. The first-order valence-electron chi connectivity index (χ1n) is 9.24. The van der Waals surface area contributed by atoms with Crippen molar-refractivity contribution in [2.24, 2.45) is 0 Å². The Kier molecular flexibility index (Phi) is 6.98. The smallest absolute Gasteiger partial charge is 0.306 e. The van der Waals surface area contributed by atoms with E-state index in [4.69, 9.17) is 4.74 Å². The number of aliphatic hydroxyl groups excluding tert-OH is 1. The van der Waals surface area contributed by atoms with Crippen LogP contribution < -0.4 is 0 Å². The molecular weight excluding hydrogens is 324 g/mol. The molecule has 26 heavy (non-hydrogen) atoms. The minimum Gasteiger partial charge on any atom is -0.460 e. The summed E-state index contributed by atoms with van der Waals surface area (Å²) in [5.74, 6) is -0.273. The van der Waals surface area contributed by atoms with E-state index in [1.165, 1.54) is 16.7 Å². The van der Waals surface area contributed by atoms with Crippen molar-refractivity contribution >= 4 is 5.97 Å². The van der Waals surface area contributed by atoms with Crippen molar-refractivity contribution in [3.8, 4) is 0 Å². The van der Waals surface area contributed by atoms with Crippen LogP contribution in [0.5, 0.6) is 0 Å². The average Bonchev–Trinajstić information content (AvgIpc) is 2.57. The van der Waals surface area contributed by atoms with E-state index in [9.17, 15) is 9.90 Å². The second-order valence-electron chi connectivity index (χ2n) is 7.85. The quantitative estimate of drug-likeness (QED) is 0.728. The molecule has 2 aromatic carbocycles. The van der Waals surface area contributed by atoms with Crippen molar-refractivity contribution in [3.05, 3.63) is 70.8 Å². The molecule has 2 aromatic rings. The predicted molar refractivity (Wildman–Crippen MR) is 105 cm³/mol. The van der Waals surface area contributed by atoms with Crippen LogP contribution in [0.15, 0.2) is 48.5 Å². The number of hydrogen-bond donors (Lipinski definition) is 1. The number of aliphatic hydroxyl groups is 1. The lowest BCUT2D eigenvalue weighted by Crippen LogP contribution is -2.24. The van der Waals surface area contributed by atoms with Crippen LogP contribution in [0.25, 0.3) is 0 Å². The third-order valence-electron chi connectivity index (χ3n) is 4.42. The van der Waals surface area contributed by atoms with Crippen LogP contribution in [0.3, 0.4) is 0 Å². The summed E-state index contributed by atoms with van der Waals surface area (Å²) in [7, 11) is 0. The minimum absolute atomic E-state index is 0.0244. The SMILES string of the molecule is Cc1ccc(C(CO)CCC(=O)OC(C)(C)C)cc1Cc1ccccc1. The number of ether oxygens (including phenoxy) is 1. The molecule has 3 heteroatoms. The van der Waals surface area contributed by atoms with Crippen LogP contribution in [-0.4, -0.2) is 23.3 Å². The topological polar surface area (TPSA) is 46.5 Å². The van der Waals surface area contributed by atoms with Crippen LogP contribution in [0.2, 0.25) is 0 Å². The van der Waals surface area contributed by atoms with Crippen molar-refractivity contribution in [3.63, 3.8) is 0 Å². The van der Waals surface area contributed by atoms with Gasteiger partial charge in [-0.05, 0) is 62.8 Å². The van der Waals surface area contributed by atoms with Crippen molar-refractivity contribution in [1.29, 1.82) is 0 Å². The van der Waals surface area contributed by atoms with Gasteiger partial charge in [0, 0.05) is 18.9 Å². The third kappa shape index (κ3) is 6.30. The number of rotatable bonds is 7. The zero-order chi connectivity index (χ0) is 19.2. The Labute approximate surface area is 157 Å². The van der Waals surface area contributed by atoms with Crippen molar-refractivity contribution in [1.82, 2.24) is 0 Å². The average molecular weight is 354 g/mol. The summed E-state index contributed by atoms with van der Waals surface area (Å²) in [5.41, 5.74) is 4.36. The molecule has 1 atom stereocenters. The van der Waals surface area contributed by atoms with E-state index >= 15 is 0 Å². The number of carbonyl (C=O) groups excluding carboxylic acids is 1. The maximum atomic E-state index is 12.0. The van der Waals surface area contributed by atoms with Gasteiger partial charge in [0.2, 0.25) is 0 Å². The molecule has 0 bridgehead atoms. The number of benzene rings is 2. The van der Waals surface area contributed by atoms with Gasteiger partial charge in [-0.15, -0.1) is 0 Å². The Bertz CT molecular complexity index is 714. The van der Waals surface area contributed by atoms with E-state index in [1.807, 2.05) is 39.0 Å². The lowest BCUT2D eigenvalue weighted by atomic mass is 9.90. The summed E-state index contributed by atoms with van der Waals surface area (Å²) in [6.07, 6.45) is 1.76. The van der Waals surface area contributed by atoms with E-state index in [2.05, 4.69) is 37.3 Å². The first kappa shape index (κ1) is 20.2. The highest BCUT2D eigenvalue weighted by Crippen LogP contribution is 2.25. The Morgan fingerprint density at radius 1 is 1.12 bits per heavy atom. The first-order chi connectivity index (χ1) is 12.3. The van der Waals surface area contributed by atoms with Crippen LogP contribution in [-0.2, 0) is 16.0 Å². The lowest BCUT2D eigenvalue weighted by molar-refractivity contribution is -0.155. The fourth-order valence-electron chi connectivity index (χ4n) is 3.00. The molecule has 2 rings (SSSR count). The highest BCUT2D eigenvalue weighted by atomic mass is 16.6. The first-order valence-corrected chi connectivity index (χ1v) is 9.24. The molecule has 3 nitrogen and oxygen atoms in total. The van der Waals surface area contributed by atoms with Gasteiger partial charge < -0.3 is 9.84 Å². The summed E-state index contributed by atoms with van der Waals surface area (Å²) in [6.45, 7) is 7.73. The Hall–Kier alpha value is -2.13. The zero-order valence-corrected chi connectivity index (χ0v) is 16.3. The second-order valence-corrected chi connectivity index (χ2v) is 7.85. The van der Waals surface area contributed by atoms with Gasteiger partial charge in [-0.3, -0.25) is 4.79 Å². The van der Waals surface area contributed by atoms with Gasteiger partial charge in [-0.1, -0.05) is 48.5 Å². The minimum atomic E-state index is -0.474. The fourth-order valence-corrected chi connectivity index (χ4v) is 3.00. The van der Waals surface area contributed by atoms with Crippen molar-refractivity contribution in [2.45, 2.75) is 58.5 Å². The summed E-state index contributed by atoms with van der Waals surface area (Å²) >= 11 is 0.